The fourth-order valence-corrected chi connectivity index (χ4v) is 2.34. The second kappa shape index (κ2) is 6.00. The molecule has 0 aliphatic rings. The van der Waals surface area contributed by atoms with Crippen molar-refractivity contribution in [3.63, 3.8) is 0 Å². The molecule has 1 amide bonds. The minimum Gasteiger partial charge on any atom is -0.399 e. The van der Waals surface area contributed by atoms with Crippen LogP contribution in [0.25, 0.3) is 0 Å². The van der Waals surface area contributed by atoms with Crippen LogP contribution >= 0.6 is 11.8 Å². The molecule has 1 aromatic carbocycles. The zero-order valence-electron chi connectivity index (χ0n) is 11.4. The van der Waals surface area contributed by atoms with Gasteiger partial charge in [0.15, 0.2) is 5.16 Å². The van der Waals surface area contributed by atoms with Gasteiger partial charge in [0.2, 0.25) is 5.91 Å². The van der Waals surface area contributed by atoms with Crippen molar-refractivity contribution in [2.24, 2.45) is 7.05 Å². The van der Waals surface area contributed by atoms with E-state index in [2.05, 4.69) is 15.5 Å². The molecule has 9 heteroatoms. The molecule has 0 aliphatic carbocycles. The number of hydrogen-bond acceptors (Lipinski definition) is 5. The highest BCUT2D eigenvalue weighted by Gasteiger charge is 2.19. The third kappa shape index (κ3) is 3.43. The number of aromatic amines is 1. The molecule has 0 radical (unpaired) electrons. The molecule has 0 saturated carbocycles. The van der Waals surface area contributed by atoms with Crippen LogP contribution in [-0.2, 0) is 11.8 Å². The van der Waals surface area contributed by atoms with Crippen LogP contribution in [0.3, 0.4) is 0 Å². The van der Waals surface area contributed by atoms with Gasteiger partial charge in [-0.25, -0.2) is 14.3 Å². The van der Waals surface area contributed by atoms with Crippen LogP contribution in [0.2, 0.25) is 0 Å². The van der Waals surface area contributed by atoms with Gasteiger partial charge in [0.25, 0.3) is 0 Å². The molecule has 21 heavy (non-hydrogen) atoms. The first kappa shape index (κ1) is 15.1. The first-order chi connectivity index (χ1) is 9.88. The van der Waals surface area contributed by atoms with Crippen LogP contribution in [-0.4, -0.2) is 25.9 Å². The van der Waals surface area contributed by atoms with Crippen molar-refractivity contribution in [2.75, 3.05) is 11.1 Å². The summed E-state index contributed by atoms with van der Waals surface area (Å²) in [7, 11) is 1.54. The number of carbonyl (C=O) groups is 1. The van der Waals surface area contributed by atoms with Crippen LogP contribution < -0.4 is 16.7 Å². The number of amides is 1. The Morgan fingerprint density at radius 2 is 2.29 bits per heavy atom. The standard InChI is InChI=1S/C12H14FN5O2S/c1-6(21-12-17-16-11(20)18(12)2)10(19)15-9-5-7(14)3-4-8(9)13/h3-6H,14H2,1-2H3,(H,15,19)(H,16,20). The summed E-state index contributed by atoms with van der Waals surface area (Å²) < 4.78 is 14.8. The number of hydrogen-bond donors (Lipinski definition) is 3. The van der Waals surface area contributed by atoms with Crippen LogP contribution in [0.4, 0.5) is 15.8 Å². The maximum Gasteiger partial charge on any atom is 0.343 e. The molecule has 1 heterocycles. The predicted molar refractivity (Wildman–Crippen MR) is 78.6 cm³/mol. The highest BCUT2D eigenvalue weighted by molar-refractivity contribution is 8.00. The summed E-state index contributed by atoms with van der Waals surface area (Å²) in [6.45, 7) is 1.63. The van der Waals surface area contributed by atoms with Gasteiger partial charge in [-0.2, -0.15) is 0 Å². The number of benzene rings is 1. The average molecular weight is 311 g/mol. The lowest BCUT2D eigenvalue weighted by Crippen LogP contribution is -2.24. The SMILES string of the molecule is CC(Sc1n[nH]c(=O)n1C)C(=O)Nc1cc(N)ccc1F. The van der Waals surface area contributed by atoms with Crippen molar-refractivity contribution in [3.8, 4) is 0 Å². The molecule has 2 aromatic rings. The Morgan fingerprint density at radius 1 is 1.57 bits per heavy atom. The number of nitrogens with one attached hydrogen (secondary N) is 2. The summed E-state index contributed by atoms with van der Waals surface area (Å²) in [6.07, 6.45) is 0. The summed E-state index contributed by atoms with van der Waals surface area (Å²) in [5.41, 5.74) is 5.55. The molecule has 2 rings (SSSR count). The smallest absolute Gasteiger partial charge is 0.343 e. The molecule has 4 N–H and O–H groups in total. The number of anilines is 2. The third-order valence-corrected chi connectivity index (χ3v) is 3.88. The van der Waals surface area contributed by atoms with Gasteiger partial charge in [0, 0.05) is 12.7 Å². The Morgan fingerprint density at radius 3 is 2.90 bits per heavy atom. The quantitative estimate of drug-likeness (QED) is 0.576. The third-order valence-electron chi connectivity index (χ3n) is 2.74. The van der Waals surface area contributed by atoms with E-state index in [0.29, 0.717) is 10.8 Å². The lowest BCUT2D eigenvalue weighted by Gasteiger charge is -2.12. The maximum atomic E-state index is 13.5. The molecule has 0 aliphatic heterocycles. The second-order valence-corrected chi connectivity index (χ2v) is 5.67. The lowest BCUT2D eigenvalue weighted by atomic mass is 10.2. The number of aromatic nitrogens is 3. The van der Waals surface area contributed by atoms with E-state index in [1.165, 1.54) is 29.8 Å². The largest absolute Gasteiger partial charge is 0.399 e. The zero-order valence-corrected chi connectivity index (χ0v) is 12.2. The fraction of sp³-hybridized carbons (Fsp3) is 0.250. The number of halogens is 1. The van der Waals surface area contributed by atoms with Crippen molar-refractivity contribution >= 4 is 29.0 Å². The molecular weight excluding hydrogens is 297 g/mol. The van der Waals surface area contributed by atoms with E-state index in [1.54, 1.807) is 6.92 Å². The highest BCUT2D eigenvalue weighted by Crippen LogP contribution is 2.22. The summed E-state index contributed by atoms with van der Waals surface area (Å²) in [5, 5.41) is 8.33. The van der Waals surface area contributed by atoms with Gasteiger partial charge in [0.1, 0.15) is 5.82 Å². The van der Waals surface area contributed by atoms with Gasteiger partial charge >= 0.3 is 5.69 Å². The number of nitrogen functional groups attached to an aromatic ring is 1. The van der Waals surface area contributed by atoms with E-state index in [0.717, 1.165) is 11.8 Å². The number of carbonyl (C=O) groups excluding carboxylic acids is 1. The zero-order chi connectivity index (χ0) is 15.6. The maximum absolute atomic E-state index is 13.5. The molecule has 112 valence electrons. The van der Waals surface area contributed by atoms with E-state index < -0.39 is 17.0 Å². The summed E-state index contributed by atoms with van der Waals surface area (Å²) in [4.78, 5) is 23.3. The van der Waals surface area contributed by atoms with Crippen molar-refractivity contribution in [3.05, 3.63) is 34.5 Å². The Bertz CT molecular complexity index is 727. The normalized spacial score (nSPS) is 12.1. The molecule has 0 fully saturated rings. The van der Waals surface area contributed by atoms with E-state index in [9.17, 15) is 14.0 Å². The summed E-state index contributed by atoms with van der Waals surface area (Å²) in [6, 6.07) is 3.93. The van der Waals surface area contributed by atoms with Crippen LogP contribution in [0, 0.1) is 5.82 Å². The molecule has 1 unspecified atom stereocenters. The topological polar surface area (TPSA) is 106 Å². The number of thioether (sulfide) groups is 1. The molecule has 0 saturated heterocycles. The van der Waals surface area contributed by atoms with Crippen molar-refractivity contribution < 1.29 is 9.18 Å². The minimum atomic E-state index is -0.570. The number of H-pyrrole nitrogens is 1. The average Bonchev–Trinajstić information content (AvgIpc) is 2.74. The van der Waals surface area contributed by atoms with Gasteiger partial charge in [-0.15, -0.1) is 5.10 Å². The van der Waals surface area contributed by atoms with Crippen molar-refractivity contribution in [1.82, 2.24) is 14.8 Å². The molecule has 1 aromatic heterocycles. The monoisotopic (exact) mass is 311 g/mol. The first-order valence-corrected chi connectivity index (χ1v) is 6.90. The van der Waals surface area contributed by atoms with Crippen LogP contribution in [0.15, 0.2) is 28.2 Å². The Hall–Kier alpha value is -2.29. The number of nitrogens with zero attached hydrogens (tertiary/aromatic N) is 2. The van der Waals surface area contributed by atoms with Crippen LogP contribution in [0.5, 0.6) is 0 Å². The highest BCUT2D eigenvalue weighted by atomic mass is 32.2. The Kier molecular flexibility index (Phi) is 4.32. The molecule has 0 bridgehead atoms. The summed E-state index contributed by atoms with van der Waals surface area (Å²) >= 11 is 1.08. The van der Waals surface area contributed by atoms with Gasteiger partial charge in [-0.1, -0.05) is 11.8 Å². The predicted octanol–water partition coefficient (Wildman–Crippen LogP) is 0.949. The summed E-state index contributed by atoms with van der Waals surface area (Å²) in [5.74, 6) is -0.984. The fourth-order valence-electron chi connectivity index (χ4n) is 1.52. The second-order valence-electron chi connectivity index (χ2n) is 4.36. The Labute approximate surface area is 123 Å². The Balaban J connectivity index is 2.07. The minimum absolute atomic E-state index is 0.0170. The molecule has 1 atom stereocenters. The molecule has 7 nitrogen and oxygen atoms in total. The van der Waals surface area contributed by atoms with E-state index in [4.69, 9.17) is 5.73 Å². The van der Waals surface area contributed by atoms with E-state index in [-0.39, 0.29) is 11.4 Å². The first-order valence-electron chi connectivity index (χ1n) is 6.02. The number of nitrogens with two attached hydrogens (primary N) is 1. The van der Waals surface area contributed by atoms with Crippen molar-refractivity contribution in [2.45, 2.75) is 17.3 Å². The van der Waals surface area contributed by atoms with Crippen molar-refractivity contribution in [1.29, 1.82) is 0 Å². The molecule has 0 spiro atoms. The van der Waals surface area contributed by atoms with Gasteiger partial charge < -0.3 is 11.1 Å². The van der Waals surface area contributed by atoms with E-state index >= 15 is 0 Å². The molecular formula is C12H14FN5O2S. The number of rotatable bonds is 4. The van der Waals surface area contributed by atoms with Gasteiger partial charge in [-0.05, 0) is 25.1 Å². The van der Waals surface area contributed by atoms with Crippen LogP contribution in [0.1, 0.15) is 6.92 Å². The van der Waals surface area contributed by atoms with Gasteiger partial charge in [-0.3, -0.25) is 9.36 Å². The van der Waals surface area contributed by atoms with Gasteiger partial charge in [0.05, 0.1) is 10.9 Å². The van der Waals surface area contributed by atoms with E-state index in [1.807, 2.05) is 0 Å². The lowest BCUT2D eigenvalue weighted by molar-refractivity contribution is -0.115.